The van der Waals surface area contributed by atoms with E-state index in [9.17, 15) is 14.4 Å². The van der Waals surface area contributed by atoms with E-state index in [1.807, 2.05) is 0 Å². The minimum absolute atomic E-state index is 0.0810. The van der Waals surface area contributed by atoms with Crippen LogP contribution in [-0.2, 0) is 28.6 Å². The second-order valence-corrected chi connectivity index (χ2v) is 24.1. The molecule has 1 atom stereocenters. The van der Waals surface area contributed by atoms with E-state index in [1.165, 1.54) is 231 Å². The molecule has 0 amide bonds. The van der Waals surface area contributed by atoms with Gasteiger partial charge in [0.05, 0.1) is 0 Å². The molecule has 0 aliphatic carbocycles. The van der Waals surface area contributed by atoms with E-state index >= 15 is 0 Å². The molecule has 0 aromatic rings. The van der Waals surface area contributed by atoms with E-state index in [0.717, 1.165) is 96.3 Å². The fraction of sp³-hybridized carbons (Fsp3) is 0.779. The van der Waals surface area contributed by atoms with E-state index in [2.05, 4.69) is 106 Å². The first kappa shape index (κ1) is 79.6. The van der Waals surface area contributed by atoms with Gasteiger partial charge >= 0.3 is 17.9 Å². The number of ether oxygens (including phenoxy) is 3. The van der Waals surface area contributed by atoms with Crippen molar-refractivity contribution >= 4 is 17.9 Å². The Hall–Kier alpha value is -3.41. The van der Waals surface area contributed by atoms with Gasteiger partial charge in [-0.3, -0.25) is 14.4 Å². The summed E-state index contributed by atoms with van der Waals surface area (Å²) in [6.07, 6.45) is 94.6. The van der Waals surface area contributed by atoms with Crippen molar-refractivity contribution in [3.05, 3.63) is 85.1 Å². The zero-order valence-electron chi connectivity index (χ0n) is 55.2. The number of carbonyl (C=O) groups is 3. The van der Waals surface area contributed by atoms with Crippen LogP contribution in [0.25, 0.3) is 0 Å². The Balaban J connectivity index is 4.33. The van der Waals surface area contributed by atoms with Crippen molar-refractivity contribution in [1.29, 1.82) is 0 Å². The van der Waals surface area contributed by atoms with Crippen LogP contribution in [-0.4, -0.2) is 37.2 Å². The van der Waals surface area contributed by atoms with Crippen LogP contribution in [0.3, 0.4) is 0 Å². The van der Waals surface area contributed by atoms with Crippen LogP contribution >= 0.6 is 0 Å². The van der Waals surface area contributed by atoms with Gasteiger partial charge in [0.1, 0.15) is 13.2 Å². The fourth-order valence-electron chi connectivity index (χ4n) is 10.4. The first-order valence-electron chi connectivity index (χ1n) is 36.1. The van der Waals surface area contributed by atoms with Crippen LogP contribution in [0, 0.1) is 0 Å². The number of allylic oxidation sites excluding steroid dienone is 14. The van der Waals surface area contributed by atoms with Gasteiger partial charge < -0.3 is 14.2 Å². The molecule has 0 N–H and O–H groups in total. The largest absolute Gasteiger partial charge is 0.462 e. The molecule has 6 nitrogen and oxygen atoms in total. The molecule has 6 heteroatoms. The molecule has 0 radical (unpaired) electrons. The van der Waals surface area contributed by atoms with Crippen molar-refractivity contribution in [1.82, 2.24) is 0 Å². The van der Waals surface area contributed by atoms with Crippen LogP contribution in [0.2, 0.25) is 0 Å². The summed E-state index contributed by atoms with van der Waals surface area (Å²) in [5.74, 6) is -0.879. The minimum atomic E-state index is -0.788. The lowest BCUT2D eigenvalue weighted by atomic mass is 10.0. The Morgan fingerprint density at radius 2 is 0.434 bits per heavy atom. The zero-order chi connectivity index (χ0) is 59.9. The van der Waals surface area contributed by atoms with Crippen molar-refractivity contribution in [3.63, 3.8) is 0 Å². The molecule has 83 heavy (non-hydrogen) atoms. The monoisotopic (exact) mass is 1160 g/mol. The van der Waals surface area contributed by atoms with Gasteiger partial charge in [-0.25, -0.2) is 0 Å². The molecule has 0 saturated carbocycles. The molecule has 0 fully saturated rings. The van der Waals surface area contributed by atoms with Crippen LogP contribution in [0.15, 0.2) is 85.1 Å². The lowest BCUT2D eigenvalue weighted by molar-refractivity contribution is -0.167. The smallest absolute Gasteiger partial charge is 0.306 e. The average molecular weight is 1160 g/mol. The van der Waals surface area contributed by atoms with Crippen LogP contribution in [0.1, 0.15) is 367 Å². The Kier molecular flexibility index (Phi) is 68.2. The summed E-state index contributed by atoms with van der Waals surface area (Å²) in [4.78, 5) is 38.5. The number of esters is 3. The molecule has 0 spiro atoms. The lowest BCUT2D eigenvalue weighted by Crippen LogP contribution is -2.30. The zero-order valence-corrected chi connectivity index (χ0v) is 55.2. The van der Waals surface area contributed by atoms with Gasteiger partial charge in [-0.2, -0.15) is 0 Å². The average Bonchev–Trinajstić information content (AvgIpc) is 3.50. The van der Waals surface area contributed by atoms with Crippen LogP contribution in [0.4, 0.5) is 0 Å². The number of hydrogen-bond acceptors (Lipinski definition) is 6. The van der Waals surface area contributed by atoms with E-state index in [-0.39, 0.29) is 31.1 Å². The quantitative estimate of drug-likeness (QED) is 0.0261. The Labute approximate surface area is 515 Å². The highest BCUT2D eigenvalue weighted by molar-refractivity contribution is 5.71. The summed E-state index contributed by atoms with van der Waals surface area (Å²) in [5.41, 5.74) is 0. The molecule has 1 unspecified atom stereocenters. The standard InChI is InChI=1S/C77H136O6/c1-4-7-10-13-16-19-22-25-28-31-34-35-36-37-38-39-40-41-44-46-49-52-55-58-61-64-67-70-76(79)82-73-74(83-77(80)71-68-65-62-59-56-53-50-47-43-33-30-27-24-21-18-15-12-9-6-3)72-81-75(78)69-66-63-60-57-54-51-48-45-42-32-29-26-23-20-17-14-11-8-5-2/h17-18,20-22,25-27,29-31,34,43,47,74H,4-16,19,23-24,28,32-33,35-42,44-46,48-73H2,1-3H3/b20-17-,21-18-,25-22-,29-26-,30-27-,34-31-,47-43-. The summed E-state index contributed by atoms with van der Waals surface area (Å²) >= 11 is 0. The first-order valence-corrected chi connectivity index (χ1v) is 36.1. The Morgan fingerprint density at radius 3 is 0.699 bits per heavy atom. The Morgan fingerprint density at radius 1 is 0.241 bits per heavy atom. The Bertz CT molecular complexity index is 1570. The predicted molar refractivity (Wildman–Crippen MR) is 362 cm³/mol. The summed E-state index contributed by atoms with van der Waals surface area (Å²) in [5, 5.41) is 0. The molecular formula is C77H136O6. The SMILES string of the molecule is CCCCC/C=C\C/C=C\C/C=C\CCCCCCCCC(=O)OC(COC(=O)CCCCCCCCCCC/C=C\C/C=C\CCCCC)COC(=O)CCCCCCCCCCCCCCCCC/C=C\C/C=C\CCCCCCC. The van der Waals surface area contributed by atoms with Gasteiger partial charge in [0.15, 0.2) is 6.10 Å². The van der Waals surface area contributed by atoms with E-state index in [0.29, 0.717) is 19.3 Å². The molecule has 0 aliphatic rings. The summed E-state index contributed by atoms with van der Waals surface area (Å²) in [6.45, 7) is 6.61. The molecular weight excluding hydrogens is 1020 g/mol. The number of carbonyl (C=O) groups excluding carboxylic acids is 3. The van der Waals surface area contributed by atoms with Gasteiger partial charge in [0, 0.05) is 19.3 Å². The van der Waals surface area contributed by atoms with Crippen molar-refractivity contribution < 1.29 is 28.6 Å². The third-order valence-electron chi connectivity index (χ3n) is 15.8. The van der Waals surface area contributed by atoms with Gasteiger partial charge in [0.25, 0.3) is 0 Å². The van der Waals surface area contributed by atoms with Gasteiger partial charge in [-0.05, 0) is 122 Å². The van der Waals surface area contributed by atoms with Crippen molar-refractivity contribution in [2.24, 2.45) is 0 Å². The first-order chi connectivity index (χ1) is 41.0. The van der Waals surface area contributed by atoms with Crippen molar-refractivity contribution in [2.45, 2.75) is 374 Å². The van der Waals surface area contributed by atoms with E-state index in [4.69, 9.17) is 14.2 Å². The maximum Gasteiger partial charge on any atom is 0.306 e. The predicted octanol–water partition coefficient (Wildman–Crippen LogP) is 25.0. The van der Waals surface area contributed by atoms with Crippen LogP contribution < -0.4 is 0 Å². The highest BCUT2D eigenvalue weighted by Gasteiger charge is 2.19. The molecule has 0 bridgehead atoms. The topological polar surface area (TPSA) is 78.9 Å². The van der Waals surface area contributed by atoms with Crippen molar-refractivity contribution in [2.75, 3.05) is 13.2 Å². The second-order valence-electron chi connectivity index (χ2n) is 24.1. The van der Waals surface area contributed by atoms with Crippen molar-refractivity contribution in [3.8, 4) is 0 Å². The highest BCUT2D eigenvalue weighted by Crippen LogP contribution is 2.17. The molecule has 480 valence electrons. The molecule has 0 aliphatic heterocycles. The molecule has 0 rings (SSSR count). The lowest BCUT2D eigenvalue weighted by Gasteiger charge is -2.18. The van der Waals surface area contributed by atoms with Gasteiger partial charge in [-0.15, -0.1) is 0 Å². The minimum Gasteiger partial charge on any atom is -0.462 e. The van der Waals surface area contributed by atoms with E-state index < -0.39 is 6.10 Å². The molecule has 0 heterocycles. The third kappa shape index (κ3) is 69.3. The third-order valence-corrected chi connectivity index (χ3v) is 15.8. The van der Waals surface area contributed by atoms with Crippen LogP contribution in [0.5, 0.6) is 0 Å². The summed E-state index contributed by atoms with van der Waals surface area (Å²) in [6, 6.07) is 0. The molecule has 0 aromatic heterocycles. The summed E-state index contributed by atoms with van der Waals surface area (Å²) < 4.78 is 17.0. The fourth-order valence-corrected chi connectivity index (χ4v) is 10.4. The molecule has 0 saturated heterocycles. The second kappa shape index (κ2) is 71.1. The summed E-state index contributed by atoms with van der Waals surface area (Å²) in [7, 11) is 0. The van der Waals surface area contributed by atoms with E-state index in [1.54, 1.807) is 0 Å². The number of hydrogen-bond donors (Lipinski definition) is 0. The maximum absolute atomic E-state index is 13.0. The van der Waals surface area contributed by atoms with Gasteiger partial charge in [-0.1, -0.05) is 311 Å². The normalized spacial score (nSPS) is 12.6. The number of unbranched alkanes of at least 4 members (excludes halogenated alkanes) is 41. The maximum atomic E-state index is 13.0. The van der Waals surface area contributed by atoms with Gasteiger partial charge in [0.2, 0.25) is 0 Å². The highest BCUT2D eigenvalue weighted by atomic mass is 16.6. The number of rotatable bonds is 66. The molecule has 0 aromatic carbocycles.